The minimum atomic E-state index is -2.73. The van der Waals surface area contributed by atoms with E-state index in [1.54, 1.807) is 6.07 Å². The van der Waals surface area contributed by atoms with Crippen LogP contribution < -0.4 is 5.73 Å². The smallest absolute Gasteiger partial charge is 0.307 e. The molecule has 1 aliphatic rings. The predicted molar refractivity (Wildman–Crippen MR) is 69.2 cm³/mol. The third kappa shape index (κ3) is 3.04. The fraction of sp³-hybridized carbons (Fsp3) is 0.308. The quantitative estimate of drug-likeness (QED) is 0.835. The van der Waals surface area contributed by atoms with Gasteiger partial charge >= 0.3 is 5.97 Å². The molecule has 2 rings (SSSR count). The molecule has 0 bridgehead atoms. The SMILES string of the molecule is Nc1cc(C(CC(=O)O)=C2CC(F)(F)C2)ccc1Cl. The summed E-state index contributed by atoms with van der Waals surface area (Å²) in [4.78, 5) is 10.9. The standard InChI is InChI=1S/C13H12ClF2NO2/c14-10-2-1-7(3-11(10)17)9(4-12(18)19)8-5-13(15,16)6-8/h1-3H,4-6,17H2,(H,18,19). The first-order valence-electron chi connectivity index (χ1n) is 5.64. The molecule has 1 aliphatic carbocycles. The second-order valence-corrected chi connectivity index (χ2v) is 5.01. The first kappa shape index (κ1) is 13.8. The summed E-state index contributed by atoms with van der Waals surface area (Å²) in [7, 11) is 0. The van der Waals surface area contributed by atoms with Crippen molar-refractivity contribution in [1.29, 1.82) is 0 Å². The lowest BCUT2D eigenvalue weighted by molar-refractivity contribution is -0.135. The van der Waals surface area contributed by atoms with E-state index in [0.717, 1.165) is 0 Å². The minimum absolute atomic E-state index is 0.299. The molecule has 1 fully saturated rings. The lowest BCUT2D eigenvalue weighted by Gasteiger charge is -2.31. The van der Waals surface area contributed by atoms with Gasteiger partial charge in [-0.05, 0) is 23.3 Å². The van der Waals surface area contributed by atoms with Crippen LogP contribution in [0, 0.1) is 0 Å². The van der Waals surface area contributed by atoms with Crippen molar-refractivity contribution in [2.24, 2.45) is 0 Å². The van der Waals surface area contributed by atoms with Crippen molar-refractivity contribution in [2.45, 2.75) is 25.2 Å². The average molecular weight is 288 g/mol. The van der Waals surface area contributed by atoms with E-state index >= 15 is 0 Å². The number of hydrogen-bond donors (Lipinski definition) is 2. The molecule has 0 aliphatic heterocycles. The highest BCUT2D eigenvalue weighted by molar-refractivity contribution is 6.33. The highest BCUT2D eigenvalue weighted by atomic mass is 35.5. The Hall–Kier alpha value is -1.62. The molecule has 0 amide bonds. The van der Waals surface area contributed by atoms with Gasteiger partial charge in [0.25, 0.3) is 5.92 Å². The van der Waals surface area contributed by atoms with Gasteiger partial charge in [-0.3, -0.25) is 4.79 Å². The number of carboxylic acid groups (broad SMARTS) is 1. The van der Waals surface area contributed by atoms with Gasteiger partial charge in [0.15, 0.2) is 0 Å². The zero-order valence-corrected chi connectivity index (χ0v) is 10.7. The summed E-state index contributed by atoms with van der Waals surface area (Å²) >= 11 is 5.79. The fourth-order valence-electron chi connectivity index (χ4n) is 2.10. The zero-order chi connectivity index (χ0) is 14.2. The summed E-state index contributed by atoms with van der Waals surface area (Å²) in [6, 6.07) is 4.65. The third-order valence-corrected chi connectivity index (χ3v) is 3.39. The van der Waals surface area contributed by atoms with Crippen molar-refractivity contribution in [3.63, 3.8) is 0 Å². The van der Waals surface area contributed by atoms with E-state index in [4.69, 9.17) is 22.4 Å². The Labute approximate surface area is 113 Å². The number of aliphatic carboxylic acids is 1. The number of nitrogen functional groups attached to an aromatic ring is 1. The maximum absolute atomic E-state index is 12.9. The van der Waals surface area contributed by atoms with Gasteiger partial charge in [-0.2, -0.15) is 0 Å². The topological polar surface area (TPSA) is 63.3 Å². The van der Waals surface area contributed by atoms with Crippen LogP contribution in [0.4, 0.5) is 14.5 Å². The normalized spacial score (nSPS) is 16.9. The van der Waals surface area contributed by atoms with Gasteiger partial charge in [-0.15, -0.1) is 0 Å². The molecular formula is C13H12ClF2NO2. The molecule has 19 heavy (non-hydrogen) atoms. The van der Waals surface area contributed by atoms with E-state index in [2.05, 4.69) is 0 Å². The Morgan fingerprint density at radius 2 is 2.05 bits per heavy atom. The molecule has 0 radical (unpaired) electrons. The van der Waals surface area contributed by atoms with E-state index in [1.165, 1.54) is 12.1 Å². The van der Waals surface area contributed by atoms with Gasteiger partial charge < -0.3 is 10.8 Å². The van der Waals surface area contributed by atoms with Crippen LogP contribution in [0.5, 0.6) is 0 Å². The van der Waals surface area contributed by atoms with Crippen molar-refractivity contribution in [3.05, 3.63) is 34.4 Å². The zero-order valence-electron chi connectivity index (χ0n) is 9.92. The first-order chi connectivity index (χ1) is 8.78. The van der Waals surface area contributed by atoms with Crippen LogP contribution in [0.15, 0.2) is 23.8 Å². The highest BCUT2D eigenvalue weighted by Crippen LogP contribution is 2.46. The second kappa shape index (κ2) is 4.81. The molecule has 0 spiro atoms. The number of rotatable bonds is 3. The van der Waals surface area contributed by atoms with Crippen LogP contribution >= 0.6 is 11.6 Å². The Morgan fingerprint density at radius 1 is 1.42 bits per heavy atom. The lowest BCUT2D eigenvalue weighted by atomic mass is 9.81. The van der Waals surface area contributed by atoms with E-state index < -0.39 is 24.7 Å². The maximum Gasteiger partial charge on any atom is 0.307 e. The molecule has 0 unspecified atom stereocenters. The van der Waals surface area contributed by atoms with E-state index in [0.29, 0.717) is 27.4 Å². The highest BCUT2D eigenvalue weighted by Gasteiger charge is 2.42. The molecule has 102 valence electrons. The molecule has 3 nitrogen and oxygen atoms in total. The Balaban J connectivity index is 2.39. The van der Waals surface area contributed by atoms with Gasteiger partial charge in [-0.25, -0.2) is 8.78 Å². The molecule has 0 atom stereocenters. The van der Waals surface area contributed by atoms with Gasteiger partial charge in [0, 0.05) is 12.8 Å². The maximum atomic E-state index is 12.9. The molecule has 0 aromatic heterocycles. The number of nitrogens with two attached hydrogens (primary N) is 1. The predicted octanol–water partition coefficient (Wildman–Crippen LogP) is 3.58. The summed E-state index contributed by atoms with van der Waals surface area (Å²) in [6.07, 6.45) is -1.08. The number of carbonyl (C=O) groups is 1. The number of allylic oxidation sites excluding steroid dienone is 1. The summed E-state index contributed by atoms with van der Waals surface area (Å²) in [5, 5.41) is 9.24. The van der Waals surface area contributed by atoms with Gasteiger partial charge in [-0.1, -0.05) is 23.2 Å². The molecule has 1 saturated carbocycles. The molecule has 1 aromatic carbocycles. The summed E-state index contributed by atoms with van der Waals surface area (Å²) in [5.74, 6) is -3.79. The van der Waals surface area contributed by atoms with E-state index in [1.807, 2.05) is 0 Å². The largest absolute Gasteiger partial charge is 0.481 e. The molecule has 1 aromatic rings. The summed E-state index contributed by atoms with van der Waals surface area (Å²) in [5.41, 5.74) is 7.36. The number of halogens is 3. The lowest BCUT2D eigenvalue weighted by Crippen LogP contribution is -2.29. The number of carboxylic acids is 1. The van der Waals surface area contributed by atoms with Gasteiger partial charge in [0.1, 0.15) is 0 Å². The molecule has 0 saturated heterocycles. The van der Waals surface area contributed by atoms with Crippen LogP contribution in [0.25, 0.3) is 5.57 Å². The van der Waals surface area contributed by atoms with Crippen LogP contribution in [0.1, 0.15) is 24.8 Å². The molecular weight excluding hydrogens is 276 g/mol. The van der Waals surface area contributed by atoms with E-state index in [-0.39, 0.29) is 6.42 Å². The number of benzene rings is 1. The summed E-state index contributed by atoms with van der Waals surface area (Å²) in [6.45, 7) is 0. The monoisotopic (exact) mass is 287 g/mol. The fourth-order valence-corrected chi connectivity index (χ4v) is 2.22. The van der Waals surface area contributed by atoms with Gasteiger partial charge in [0.2, 0.25) is 0 Å². The Morgan fingerprint density at radius 3 is 2.53 bits per heavy atom. The second-order valence-electron chi connectivity index (χ2n) is 4.60. The van der Waals surface area contributed by atoms with Crippen molar-refractivity contribution in [3.8, 4) is 0 Å². The molecule has 6 heteroatoms. The number of hydrogen-bond acceptors (Lipinski definition) is 2. The van der Waals surface area contributed by atoms with Crippen molar-refractivity contribution < 1.29 is 18.7 Å². The first-order valence-corrected chi connectivity index (χ1v) is 6.02. The average Bonchev–Trinajstić information content (AvgIpc) is 2.26. The van der Waals surface area contributed by atoms with Crippen LogP contribution in [-0.4, -0.2) is 17.0 Å². The van der Waals surface area contributed by atoms with Crippen LogP contribution in [0.2, 0.25) is 5.02 Å². The number of anilines is 1. The van der Waals surface area contributed by atoms with Crippen molar-refractivity contribution in [1.82, 2.24) is 0 Å². The van der Waals surface area contributed by atoms with Crippen LogP contribution in [-0.2, 0) is 4.79 Å². The summed E-state index contributed by atoms with van der Waals surface area (Å²) < 4.78 is 25.8. The third-order valence-electron chi connectivity index (χ3n) is 3.04. The van der Waals surface area contributed by atoms with Gasteiger partial charge in [0.05, 0.1) is 17.1 Å². The molecule has 3 N–H and O–H groups in total. The van der Waals surface area contributed by atoms with Crippen molar-refractivity contribution in [2.75, 3.05) is 5.73 Å². The Kier molecular flexibility index (Phi) is 3.49. The number of alkyl halides is 2. The Bertz CT molecular complexity index is 560. The van der Waals surface area contributed by atoms with Crippen LogP contribution in [0.3, 0.4) is 0 Å². The van der Waals surface area contributed by atoms with Crippen molar-refractivity contribution >= 4 is 28.8 Å². The molecule has 0 heterocycles. The minimum Gasteiger partial charge on any atom is -0.481 e. The van der Waals surface area contributed by atoms with E-state index in [9.17, 15) is 13.6 Å².